The van der Waals surface area contributed by atoms with Crippen LogP contribution in [0.4, 0.5) is 0 Å². The van der Waals surface area contributed by atoms with Crippen LogP contribution in [0.15, 0.2) is 0 Å². The summed E-state index contributed by atoms with van der Waals surface area (Å²) < 4.78 is 6.38. The molecule has 0 amide bonds. The van der Waals surface area contributed by atoms with Gasteiger partial charge in [0.15, 0.2) is 0 Å². The Morgan fingerprint density at radius 1 is 1.17 bits per heavy atom. The molecule has 2 nitrogen and oxygen atoms in total. The number of likely N-dealkylation sites (N-methyl/N-ethyl adjacent to an activating group) is 1. The van der Waals surface area contributed by atoms with Gasteiger partial charge in [-0.1, -0.05) is 28.8 Å². The highest BCUT2D eigenvalue weighted by Crippen LogP contribution is 2.43. The summed E-state index contributed by atoms with van der Waals surface area (Å²) in [6.45, 7) is 2.40. The van der Waals surface area contributed by atoms with E-state index in [1.807, 2.05) is 0 Å². The number of rotatable bonds is 4. The molecule has 18 heavy (non-hydrogen) atoms. The number of ether oxygens (including phenoxy) is 1. The summed E-state index contributed by atoms with van der Waals surface area (Å²) in [6.07, 6.45) is 11.2. The molecule has 0 aromatic rings. The van der Waals surface area contributed by atoms with E-state index >= 15 is 0 Å². The largest absolute Gasteiger partial charge is 0.370 e. The zero-order chi connectivity index (χ0) is 12.6. The molecule has 0 aromatic heterocycles. The number of hydrogen-bond donors (Lipinski definition) is 0. The van der Waals surface area contributed by atoms with Gasteiger partial charge in [0.05, 0.1) is 11.7 Å². The van der Waals surface area contributed by atoms with E-state index in [1.54, 1.807) is 0 Å². The van der Waals surface area contributed by atoms with Crippen molar-refractivity contribution < 1.29 is 4.74 Å². The van der Waals surface area contributed by atoms with Crippen molar-refractivity contribution in [2.75, 3.05) is 20.1 Å². The molecular formula is C15H26BrNO. The average Bonchev–Trinajstić information content (AvgIpc) is 2.88. The third-order valence-electron chi connectivity index (χ3n) is 5.12. The summed E-state index contributed by atoms with van der Waals surface area (Å²) in [5, 5.41) is 0. The first-order valence-corrected chi connectivity index (χ1v) is 8.57. The highest BCUT2D eigenvalue weighted by atomic mass is 79.9. The highest BCUT2D eigenvalue weighted by Gasteiger charge is 2.42. The highest BCUT2D eigenvalue weighted by molar-refractivity contribution is 9.09. The maximum absolute atomic E-state index is 6.38. The lowest BCUT2D eigenvalue weighted by atomic mass is 9.85. The minimum absolute atomic E-state index is 0.308. The zero-order valence-corrected chi connectivity index (χ0v) is 13.1. The lowest BCUT2D eigenvalue weighted by Crippen LogP contribution is -2.38. The molecule has 1 heterocycles. The zero-order valence-electron chi connectivity index (χ0n) is 11.5. The van der Waals surface area contributed by atoms with E-state index in [1.165, 1.54) is 57.9 Å². The predicted octanol–water partition coefficient (Wildman–Crippen LogP) is 3.58. The van der Waals surface area contributed by atoms with E-state index in [9.17, 15) is 0 Å². The fourth-order valence-electron chi connectivity index (χ4n) is 4.08. The molecule has 2 aliphatic carbocycles. The van der Waals surface area contributed by atoms with Gasteiger partial charge in [-0.15, -0.1) is 0 Å². The van der Waals surface area contributed by atoms with E-state index in [4.69, 9.17) is 4.74 Å². The Morgan fingerprint density at radius 2 is 1.89 bits per heavy atom. The topological polar surface area (TPSA) is 12.5 Å². The molecule has 3 rings (SSSR count). The Balaban J connectivity index is 1.40. The molecule has 1 spiro atoms. The third kappa shape index (κ3) is 2.94. The van der Waals surface area contributed by atoms with Gasteiger partial charge in [0.2, 0.25) is 0 Å². The van der Waals surface area contributed by atoms with Gasteiger partial charge in [0, 0.05) is 17.9 Å². The number of nitrogens with zero attached hydrogens (tertiary/aromatic N) is 1. The monoisotopic (exact) mass is 315 g/mol. The van der Waals surface area contributed by atoms with Gasteiger partial charge < -0.3 is 9.64 Å². The van der Waals surface area contributed by atoms with Crippen LogP contribution >= 0.6 is 15.9 Å². The average molecular weight is 316 g/mol. The first-order chi connectivity index (χ1) is 8.65. The van der Waals surface area contributed by atoms with Crippen LogP contribution in [0.3, 0.4) is 0 Å². The van der Waals surface area contributed by atoms with Crippen LogP contribution in [0.1, 0.15) is 51.4 Å². The molecular weight excluding hydrogens is 290 g/mol. The van der Waals surface area contributed by atoms with Crippen molar-refractivity contribution in [3.8, 4) is 0 Å². The molecule has 1 unspecified atom stereocenters. The van der Waals surface area contributed by atoms with Crippen molar-refractivity contribution in [2.45, 2.75) is 67.9 Å². The number of halogens is 1. The van der Waals surface area contributed by atoms with Crippen LogP contribution in [0, 0.1) is 5.92 Å². The van der Waals surface area contributed by atoms with Gasteiger partial charge in [0.1, 0.15) is 0 Å². The standard InChI is InChI=1S/C15H26BrNO/c1-17(10-12-8-13(16)9-12)11-14-4-7-15(18-14)5-2-3-6-15/h12-14H,2-11H2,1H3. The van der Waals surface area contributed by atoms with E-state index in [-0.39, 0.29) is 0 Å². The molecule has 0 bridgehead atoms. The second-order valence-corrected chi connectivity index (χ2v) is 8.12. The Labute approximate surface area is 120 Å². The summed E-state index contributed by atoms with van der Waals surface area (Å²) in [5.41, 5.74) is 0.308. The molecule has 3 heteroatoms. The van der Waals surface area contributed by atoms with Crippen LogP contribution < -0.4 is 0 Å². The molecule has 3 aliphatic rings. The minimum atomic E-state index is 0.308. The van der Waals surface area contributed by atoms with E-state index in [0.29, 0.717) is 11.7 Å². The van der Waals surface area contributed by atoms with Crippen molar-refractivity contribution in [3.63, 3.8) is 0 Å². The molecule has 0 aromatic carbocycles. The molecule has 1 aliphatic heterocycles. The summed E-state index contributed by atoms with van der Waals surface area (Å²) in [5.74, 6) is 0.918. The van der Waals surface area contributed by atoms with Gasteiger partial charge in [0.25, 0.3) is 0 Å². The van der Waals surface area contributed by atoms with Crippen molar-refractivity contribution in [2.24, 2.45) is 5.92 Å². The molecule has 0 N–H and O–H groups in total. The smallest absolute Gasteiger partial charge is 0.0710 e. The third-order valence-corrected chi connectivity index (χ3v) is 5.86. The summed E-state index contributed by atoms with van der Waals surface area (Å²) in [7, 11) is 2.27. The maximum atomic E-state index is 6.38. The number of alkyl halides is 1. The lowest BCUT2D eigenvalue weighted by molar-refractivity contribution is -0.0466. The summed E-state index contributed by atoms with van der Waals surface area (Å²) in [6, 6.07) is 0. The quantitative estimate of drug-likeness (QED) is 0.735. The van der Waals surface area contributed by atoms with Crippen LogP contribution in [0.5, 0.6) is 0 Å². The molecule has 3 fully saturated rings. The van der Waals surface area contributed by atoms with E-state index in [0.717, 1.165) is 17.3 Å². The van der Waals surface area contributed by atoms with Crippen LogP contribution in [0.2, 0.25) is 0 Å². The molecule has 1 saturated heterocycles. The Kier molecular flexibility index (Phi) is 4.03. The van der Waals surface area contributed by atoms with Gasteiger partial charge in [-0.25, -0.2) is 0 Å². The van der Waals surface area contributed by atoms with Crippen LogP contribution in [0.25, 0.3) is 0 Å². The summed E-state index contributed by atoms with van der Waals surface area (Å²) in [4.78, 5) is 3.29. The van der Waals surface area contributed by atoms with Crippen molar-refractivity contribution in [1.82, 2.24) is 4.90 Å². The van der Waals surface area contributed by atoms with Gasteiger partial charge in [-0.2, -0.15) is 0 Å². The SMILES string of the molecule is CN(CC1CC(Br)C1)CC1CCC2(CCCC2)O1. The van der Waals surface area contributed by atoms with Crippen molar-refractivity contribution >= 4 is 15.9 Å². The number of hydrogen-bond acceptors (Lipinski definition) is 2. The molecule has 2 saturated carbocycles. The minimum Gasteiger partial charge on any atom is -0.370 e. The maximum Gasteiger partial charge on any atom is 0.0710 e. The second-order valence-electron chi connectivity index (χ2n) is 6.82. The molecule has 104 valence electrons. The van der Waals surface area contributed by atoms with Crippen molar-refractivity contribution in [1.29, 1.82) is 0 Å². The van der Waals surface area contributed by atoms with Gasteiger partial charge in [-0.05, 0) is 51.5 Å². The Bertz CT molecular complexity index is 284. The van der Waals surface area contributed by atoms with Gasteiger partial charge >= 0.3 is 0 Å². The first-order valence-electron chi connectivity index (χ1n) is 7.66. The molecule has 0 radical (unpaired) electrons. The second kappa shape index (κ2) is 5.41. The fourth-order valence-corrected chi connectivity index (χ4v) is 5.13. The lowest BCUT2D eigenvalue weighted by Gasteiger charge is -2.35. The van der Waals surface area contributed by atoms with E-state index in [2.05, 4.69) is 27.9 Å². The molecule has 1 atom stereocenters. The van der Waals surface area contributed by atoms with Gasteiger partial charge in [-0.3, -0.25) is 0 Å². The predicted molar refractivity (Wildman–Crippen MR) is 78.2 cm³/mol. The van der Waals surface area contributed by atoms with E-state index < -0.39 is 0 Å². The Hall–Kier alpha value is 0.400. The summed E-state index contributed by atoms with van der Waals surface area (Å²) >= 11 is 3.68. The van der Waals surface area contributed by atoms with Crippen LogP contribution in [-0.2, 0) is 4.74 Å². The first kappa shape index (κ1) is 13.4. The van der Waals surface area contributed by atoms with Crippen molar-refractivity contribution in [3.05, 3.63) is 0 Å². The Morgan fingerprint density at radius 3 is 2.56 bits per heavy atom. The fraction of sp³-hybridized carbons (Fsp3) is 1.00. The normalized spacial score (nSPS) is 38.5. The van der Waals surface area contributed by atoms with Crippen LogP contribution in [-0.4, -0.2) is 41.6 Å².